The Morgan fingerprint density at radius 2 is 2.22 bits per heavy atom. The molecule has 0 fully saturated rings. The van der Waals surface area contributed by atoms with Gasteiger partial charge in [0.15, 0.2) is 0 Å². The summed E-state index contributed by atoms with van der Waals surface area (Å²) in [5.74, 6) is 0.968. The highest BCUT2D eigenvalue weighted by atomic mass is 32.2. The van der Waals surface area contributed by atoms with Gasteiger partial charge in [0.2, 0.25) is 5.91 Å². The number of benzene rings is 1. The van der Waals surface area contributed by atoms with Crippen molar-refractivity contribution in [2.75, 3.05) is 11.1 Å². The Bertz CT molecular complexity index is 830. The van der Waals surface area contributed by atoms with Crippen molar-refractivity contribution in [3.05, 3.63) is 52.5 Å². The summed E-state index contributed by atoms with van der Waals surface area (Å²) in [7, 11) is 0. The van der Waals surface area contributed by atoms with Crippen molar-refractivity contribution in [1.29, 1.82) is 0 Å². The van der Waals surface area contributed by atoms with Crippen LogP contribution in [0.3, 0.4) is 0 Å². The number of nitrogens with zero attached hydrogens (tertiary/aromatic N) is 4. The van der Waals surface area contributed by atoms with Crippen LogP contribution in [0.2, 0.25) is 0 Å². The molecule has 1 aromatic carbocycles. The number of anilines is 1. The molecule has 116 valence electrons. The van der Waals surface area contributed by atoms with Gasteiger partial charge in [-0.25, -0.2) is 0 Å². The fourth-order valence-electron chi connectivity index (χ4n) is 2.61. The summed E-state index contributed by atoms with van der Waals surface area (Å²) in [5, 5.41) is 16.1. The van der Waals surface area contributed by atoms with E-state index >= 15 is 0 Å². The van der Waals surface area contributed by atoms with Crippen molar-refractivity contribution < 1.29 is 4.79 Å². The summed E-state index contributed by atoms with van der Waals surface area (Å²) in [6.07, 6.45) is 2.56. The van der Waals surface area contributed by atoms with E-state index in [0.717, 1.165) is 23.4 Å². The molecule has 1 aliphatic rings. The van der Waals surface area contributed by atoms with E-state index in [2.05, 4.69) is 32.3 Å². The predicted molar refractivity (Wildman–Crippen MR) is 91.0 cm³/mol. The molecule has 0 spiro atoms. The number of aromatic nitrogens is 4. The van der Waals surface area contributed by atoms with Crippen molar-refractivity contribution in [2.45, 2.75) is 11.7 Å². The minimum absolute atomic E-state index is 0.00475. The molecule has 23 heavy (non-hydrogen) atoms. The molecule has 0 bridgehead atoms. The molecule has 8 heteroatoms. The Kier molecular flexibility index (Phi) is 3.84. The van der Waals surface area contributed by atoms with Crippen molar-refractivity contribution in [3.8, 4) is 5.69 Å². The second-order valence-corrected chi connectivity index (χ2v) is 7.27. The topological polar surface area (TPSA) is 72.7 Å². The Balaban J connectivity index is 1.62. The fourth-order valence-corrected chi connectivity index (χ4v) is 4.91. The van der Waals surface area contributed by atoms with Crippen LogP contribution in [-0.2, 0) is 11.2 Å². The van der Waals surface area contributed by atoms with Gasteiger partial charge in [0.1, 0.15) is 11.6 Å². The molecule has 1 aliphatic heterocycles. The Hall–Kier alpha value is -2.19. The van der Waals surface area contributed by atoms with E-state index in [9.17, 15) is 4.79 Å². The number of thioether (sulfide) groups is 1. The minimum Gasteiger partial charge on any atom is -0.323 e. The van der Waals surface area contributed by atoms with Crippen molar-refractivity contribution >= 4 is 34.7 Å². The number of rotatable bonds is 3. The first kappa shape index (κ1) is 14.4. The van der Waals surface area contributed by atoms with Crippen molar-refractivity contribution in [1.82, 2.24) is 20.2 Å². The average molecular weight is 343 g/mol. The summed E-state index contributed by atoms with van der Waals surface area (Å²) >= 11 is 3.42. The lowest BCUT2D eigenvalue weighted by Crippen LogP contribution is -2.22. The number of hydrogen-bond acceptors (Lipinski definition) is 6. The molecule has 0 saturated carbocycles. The second-order valence-electron chi connectivity index (χ2n) is 5.06. The van der Waals surface area contributed by atoms with Gasteiger partial charge in [-0.3, -0.25) is 4.79 Å². The lowest BCUT2D eigenvalue weighted by Gasteiger charge is -2.22. The average Bonchev–Trinajstić information content (AvgIpc) is 3.26. The van der Waals surface area contributed by atoms with E-state index in [4.69, 9.17) is 0 Å². The van der Waals surface area contributed by atoms with Crippen LogP contribution < -0.4 is 5.32 Å². The molecule has 3 aromatic rings. The molecule has 1 N–H and O–H groups in total. The summed E-state index contributed by atoms with van der Waals surface area (Å²) in [6, 6.07) is 9.56. The molecule has 1 amide bonds. The van der Waals surface area contributed by atoms with Crippen molar-refractivity contribution in [3.63, 3.8) is 0 Å². The SMILES string of the molecule is O=C(Nc1ccccc1-n1cnnn1)[C@@H]1SCCc2sccc21. The lowest BCUT2D eigenvalue weighted by atomic mass is 10.1. The third-order valence-electron chi connectivity index (χ3n) is 3.67. The Labute approximate surface area is 140 Å². The first-order valence-electron chi connectivity index (χ1n) is 7.14. The van der Waals surface area contributed by atoms with Gasteiger partial charge in [-0.05, 0) is 51.7 Å². The van der Waals surface area contributed by atoms with E-state index in [1.54, 1.807) is 27.8 Å². The van der Waals surface area contributed by atoms with Gasteiger partial charge in [-0.1, -0.05) is 12.1 Å². The number of tetrazole rings is 1. The molecule has 0 unspecified atom stereocenters. The smallest absolute Gasteiger partial charge is 0.242 e. The number of para-hydroxylation sites is 2. The standard InChI is InChI=1S/C15H13N5OS2/c21-15(14-10-5-7-22-13(10)6-8-23-14)17-11-3-1-2-4-12(11)20-9-16-18-19-20/h1-5,7,9,14H,6,8H2,(H,17,21)/t14-/m1/s1. The summed E-state index contributed by atoms with van der Waals surface area (Å²) in [6.45, 7) is 0. The van der Waals surface area contributed by atoms with Gasteiger partial charge in [0.25, 0.3) is 0 Å². The number of carbonyl (C=O) groups excluding carboxylic acids is 1. The minimum atomic E-state index is -0.160. The largest absolute Gasteiger partial charge is 0.323 e. The zero-order chi connectivity index (χ0) is 15.6. The zero-order valence-corrected chi connectivity index (χ0v) is 13.7. The van der Waals surface area contributed by atoms with Crippen LogP contribution in [0.5, 0.6) is 0 Å². The van der Waals surface area contributed by atoms with E-state index in [0.29, 0.717) is 5.69 Å². The Morgan fingerprint density at radius 1 is 1.30 bits per heavy atom. The normalized spacial score (nSPS) is 16.8. The van der Waals surface area contributed by atoms with E-state index < -0.39 is 0 Å². The number of hydrogen-bond donors (Lipinski definition) is 1. The van der Waals surface area contributed by atoms with Crippen LogP contribution in [0.15, 0.2) is 42.0 Å². The lowest BCUT2D eigenvalue weighted by molar-refractivity contribution is -0.115. The van der Waals surface area contributed by atoms with Gasteiger partial charge in [-0.15, -0.1) is 28.2 Å². The monoisotopic (exact) mass is 343 g/mol. The summed E-state index contributed by atoms with van der Waals surface area (Å²) in [5.41, 5.74) is 2.59. The highest BCUT2D eigenvalue weighted by molar-refractivity contribution is 8.00. The van der Waals surface area contributed by atoms with Gasteiger partial charge in [0, 0.05) is 4.88 Å². The third kappa shape index (κ3) is 2.75. The fraction of sp³-hybridized carbons (Fsp3) is 0.200. The molecule has 6 nitrogen and oxygen atoms in total. The highest BCUT2D eigenvalue weighted by Crippen LogP contribution is 2.40. The molecule has 3 heterocycles. The van der Waals surface area contributed by atoms with Crippen LogP contribution in [0.1, 0.15) is 15.7 Å². The number of thiophene rings is 1. The first-order valence-corrected chi connectivity index (χ1v) is 9.07. The van der Waals surface area contributed by atoms with E-state index in [1.807, 2.05) is 24.3 Å². The molecule has 2 aromatic heterocycles. The number of carbonyl (C=O) groups is 1. The van der Waals surface area contributed by atoms with Gasteiger partial charge in [-0.2, -0.15) is 4.68 Å². The maximum atomic E-state index is 12.8. The molecule has 0 aliphatic carbocycles. The summed E-state index contributed by atoms with van der Waals surface area (Å²) < 4.78 is 1.54. The number of nitrogens with one attached hydrogen (secondary N) is 1. The molecule has 1 atom stereocenters. The molecular formula is C15H13N5OS2. The first-order chi connectivity index (χ1) is 11.3. The Morgan fingerprint density at radius 3 is 3.09 bits per heavy atom. The molecule has 0 saturated heterocycles. The van der Waals surface area contributed by atoms with Crippen LogP contribution in [0, 0.1) is 0 Å². The predicted octanol–water partition coefficient (Wildman–Crippen LogP) is 2.69. The van der Waals surface area contributed by atoms with Crippen LogP contribution in [0.25, 0.3) is 5.69 Å². The van der Waals surface area contributed by atoms with Crippen molar-refractivity contribution in [2.24, 2.45) is 0 Å². The maximum absolute atomic E-state index is 12.8. The van der Waals surface area contributed by atoms with Gasteiger partial charge < -0.3 is 5.32 Å². The molecule has 4 rings (SSSR count). The second kappa shape index (κ2) is 6.13. The highest BCUT2D eigenvalue weighted by Gasteiger charge is 2.28. The van der Waals surface area contributed by atoms with Crippen LogP contribution in [0.4, 0.5) is 5.69 Å². The number of fused-ring (bicyclic) bond motifs is 1. The summed E-state index contributed by atoms with van der Waals surface area (Å²) in [4.78, 5) is 14.1. The van der Waals surface area contributed by atoms with Crippen LogP contribution in [-0.4, -0.2) is 31.9 Å². The molecule has 0 radical (unpaired) electrons. The zero-order valence-electron chi connectivity index (χ0n) is 12.0. The van der Waals surface area contributed by atoms with E-state index in [1.165, 1.54) is 11.2 Å². The quantitative estimate of drug-likeness (QED) is 0.791. The third-order valence-corrected chi connectivity index (χ3v) is 5.91. The van der Waals surface area contributed by atoms with E-state index in [-0.39, 0.29) is 11.2 Å². The van der Waals surface area contributed by atoms with Gasteiger partial charge >= 0.3 is 0 Å². The number of amides is 1. The maximum Gasteiger partial charge on any atom is 0.242 e. The van der Waals surface area contributed by atoms with Gasteiger partial charge in [0.05, 0.1) is 11.4 Å². The van der Waals surface area contributed by atoms with Crippen LogP contribution >= 0.6 is 23.1 Å². The number of aryl methyl sites for hydroxylation is 1. The molecular weight excluding hydrogens is 330 g/mol.